The molecule has 2 rings (SSSR count). The van der Waals surface area contributed by atoms with E-state index >= 15 is 0 Å². The van der Waals surface area contributed by atoms with Gasteiger partial charge in [-0.15, -0.1) is 0 Å². The summed E-state index contributed by atoms with van der Waals surface area (Å²) in [5, 5.41) is 9.98. The molecule has 14 heavy (non-hydrogen) atoms. The van der Waals surface area contributed by atoms with Gasteiger partial charge in [-0.3, -0.25) is 0 Å². The molecule has 1 heterocycles. The summed E-state index contributed by atoms with van der Waals surface area (Å²) in [5.41, 5.74) is 0.881. The fraction of sp³-hybridized carbons (Fsp3) is 0.300. The molecule has 0 fully saturated rings. The van der Waals surface area contributed by atoms with Crippen LogP contribution in [0.1, 0.15) is 22.8 Å². The number of aromatic hydroxyl groups is 1. The maximum atomic E-state index is 11.4. The van der Waals surface area contributed by atoms with E-state index < -0.39 is 5.97 Å². The Kier molecular flexibility index (Phi) is 2.11. The normalized spacial score (nSPS) is 20.1. The molecule has 4 heteroatoms. The number of carbonyl (C=O) groups excluding carboxylic acids is 1. The van der Waals surface area contributed by atoms with E-state index in [4.69, 9.17) is 16.3 Å². The third-order valence-electron chi connectivity index (χ3n) is 2.24. The second-order valence-corrected chi connectivity index (χ2v) is 3.75. The molecule has 1 N–H and O–H groups in total. The maximum absolute atomic E-state index is 11.4. The van der Waals surface area contributed by atoms with E-state index in [9.17, 15) is 9.90 Å². The van der Waals surface area contributed by atoms with Gasteiger partial charge in [-0.05, 0) is 24.6 Å². The summed E-state index contributed by atoms with van der Waals surface area (Å²) >= 11 is 5.93. The Morgan fingerprint density at radius 2 is 2.29 bits per heavy atom. The summed E-state index contributed by atoms with van der Waals surface area (Å²) in [6.45, 7) is 1.79. The van der Waals surface area contributed by atoms with Crippen LogP contribution < -0.4 is 0 Å². The highest BCUT2D eigenvalue weighted by atomic mass is 35.5. The van der Waals surface area contributed by atoms with E-state index in [-0.39, 0.29) is 17.4 Å². The van der Waals surface area contributed by atoms with Crippen LogP contribution >= 0.6 is 11.6 Å². The van der Waals surface area contributed by atoms with Gasteiger partial charge in [0, 0.05) is 11.4 Å². The van der Waals surface area contributed by atoms with Gasteiger partial charge >= 0.3 is 5.97 Å². The molecule has 1 aliphatic heterocycles. The van der Waals surface area contributed by atoms with Crippen LogP contribution in [-0.2, 0) is 11.2 Å². The first-order valence-electron chi connectivity index (χ1n) is 4.31. The van der Waals surface area contributed by atoms with Crippen molar-refractivity contribution in [2.45, 2.75) is 19.4 Å². The van der Waals surface area contributed by atoms with Crippen LogP contribution in [0.3, 0.4) is 0 Å². The second-order valence-electron chi connectivity index (χ2n) is 3.34. The Hall–Kier alpha value is -1.22. The van der Waals surface area contributed by atoms with Gasteiger partial charge in [0.15, 0.2) is 0 Å². The van der Waals surface area contributed by atoms with Gasteiger partial charge in [0.2, 0.25) is 0 Å². The Morgan fingerprint density at radius 1 is 1.57 bits per heavy atom. The molecule has 0 spiro atoms. The molecule has 0 amide bonds. The second kappa shape index (κ2) is 3.17. The number of cyclic esters (lactones) is 1. The minimum absolute atomic E-state index is 0.0682. The summed E-state index contributed by atoms with van der Waals surface area (Å²) in [4.78, 5) is 11.4. The van der Waals surface area contributed by atoms with E-state index in [2.05, 4.69) is 0 Å². The van der Waals surface area contributed by atoms with Crippen molar-refractivity contribution in [3.05, 3.63) is 28.3 Å². The molecular weight excluding hydrogens is 204 g/mol. The average Bonchev–Trinajstić information content (AvgIpc) is 2.10. The smallest absolute Gasteiger partial charge is 0.342 e. The number of phenols is 1. The van der Waals surface area contributed by atoms with Crippen LogP contribution in [0.5, 0.6) is 5.75 Å². The van der Waals surface area contributed by atoms with E-state index in [1.807, 2.05) is 0 Å². The van der Waals surface area contributed by atoms with Crippen LogP contribution in [0.15, 0.2) is 12.1 Å². The Labute approximate surface area is 86.3 Å². The molecule has 1 unspecified atom stereocenters. The topological polar surface area (TPSA) is 46.5 Å². The Morgan fingerprint density at radius 3 is 3.00 bits per heavy atom. The predicted molar refractivity (Wildman–Crippen MR) is 51.7 cm³/mol. The van der Waals surface area contributed by atoms with Crippen LogP contribution in [0, 0.1) is 0 Å². The number of benzene rings is 1. The zero-order chi connectivity index (χ0) is 10.3. The molecule has 1 aliphatic rings. The molecule has 0 radical (unpaired) electrons. The Balaban J connectivity index is 2.63. The van der Waals surface area contributed by atoms with Gasteiger partial charge in [0.05, 0.1) is 0 Å². The molecule has 3 nitrogen and oxygen atoms in total. The number of carbonyl (C=O) groups is 1. The standard InChI is InChI=1S/C10H9ClO3/c1-5-4-6-7(11)2-3-8(12)9(6)10(13)14-5/h2-3,5,12H,4H2,1H3. The average molecular weight is 213 g/mol. The van der Waals surface area contributed by atoms with Gasteiger partial charge in [0.1, 0.15) is 17.4 Å². The molecule has 74 valence electrons. The van der Waals surface area contributed by atoms with Gasteiger partial charge < -0.3 is 9.84 Å². The van der Waals surface area contributed by atoms with E-state index in [0.717, 1.165) is 0 Å². The third-order valence-corrected chi connectivity index (χ3v) is 2.59. The third kappa shape index (κ3) is 1.34. The molecule has 1 atom stereocenters. The van der Waals surface area contributed by atoms with Crippen LogP contribution in [0.4, 0.5) is 0 Å². The molecule has 1 aromatic rings. The fourth-order valence-corrected chi connectivity index (χ4v) is 1.84. The maximum Gasteiger partial charge on any atom is 0.342 e. The quantitative estimate of drug-likeness (QED) is 0.671. The summed E-state index contributed by atoms with van der Waals surface area (Å²) in [6, 6.07) is 2.99. The first kappa shape index (κ1) is 9.34. The first-order valence-corrected chi connectivity index (χ1v) is 4.68. The number of fused-ring (bicyclic) bond motifs is 1. The number of ether oxygens (including phenoxy) is 1. The first-order chi connectivity index (χ1) is 6.59. The minimum atomic E-state index is -0.501. The SMILES string of the molecule is CC1Cc2c(Cl)ccc(O)c2C(=O)O1. The van der Waals surface area contributed by atoms with E-state index in [1.165, 1.54) is 6.07 Å². The van der Waals surface area contributed by atoms with Crippen LogP contribution in [0.2, 0.25) is 5.02 Å². The molecule has 0 bridgehead atoms. The zero-order valence-electron chi connectivity index (χ0n) is 7.58. The van der Waals surface area contributed by atoms with Crippen molar-refractivity contribution in [3.8, 4) is 5.75 Å². The number of hydrogen-bond acceptors (Lipinski definition) is 3. The number of hydrogen-bond donors (Lipinski definition) is 1. The van der Waals surface area contributed by atoms with Crippen molar-refractivity contribution in [2.75, 3.05) is 0 Å². The number of esters is 1. The lowest BCUT2D eigenvalue weighted by molar-refractivity contribution is 0.0297. The molecule has 0 saturated heterocycles. The predicted octanol–water partition coefficient (Wildman–Crippen LogP) is 2.15. The zero-order valence-corrected chi connectivity index (χ0v) is 8.34. The minimum Gasteiger partial charge on any atom is -0.507 e. The summed E-state index contributed by atoms with van der Waals surface area (Å²) in [6.07, 6.45) is 0.364. The van der Waals surface area contributed by atoms with Crippen LogP contribution in [0.25, 0.3) is 0 Å². The summed E-state index contributed by atoms with van der Waals surface area (Å²) in [7, 11) is 0. The highest BCUT2D eigenvalue weighted by Gasteiger charge is 2.28. The van der Waals surface area contributed by atoms with Crippen molar-refractivity contribution in [3.63, 3.8) is 0 Å². The summed E-state index contributed by atoms with van der Waals surface area (Å²) < 4.78 is 4.99. The number of phenolic OH excluding ortho intramolecular Hbond substituents is 1. The van der Waals surface area contributed by atoms with Gasteiger partial charge in [-0.25, -0.2) is 4.79 Å². The highest BCUT2D eigenvalue weighted by Crippen LogP contribution is 2.33. The Bertz CT molecular complexity index is 401. The van der Waals surface area contributed by atoms with E-state index in [0.29, 0.717) is 17.0 Å². The van der Waals surface area contributed by atoms with Crippen molar-refractivity contribution in [1.29, 1.82) is 0 Å². The van der Waals surface area contributed by atoms with E-state index in [1.54, 1.807) is 13.0 Å². The van der Waals surface area contributed by atoms with Gasteiger partial charge in [-0.2, -0.15) is 0 Å². The molecule has 0 aliphatic carbocycles. The molecule has 0 saturated carbocycles. The molecular formula is C10H9ClO3. The highest BCUT2D eigenvalue weighted by molar-refractivity contribution is 6.32. The lowest BCUT2D eigenvalue weighted by atomic mass is 9.98. The van der Waals surface area contributed by atoms with Crippen molar-refractivity contribution >= 4 is 17.6 Å². The van der Waals surface area contributed by atoms with Crippen molar-refractivity contribution in [2.24, 2.45) is 0 Å². The van der Waals surface area contributed by atoms with Crippen molar-refractivity contribution in [1.82, 2.24) is 0 Å². The monoisotopic (exact) mass is 212 g/mol. The summed E-state index contributed by atoms with van der Waals surface area (Å²) in [5.74, 6) is -0.569. The molecule has 0 aromatic heterocycles. The molecule has 1 aromatic carbocycles. The van der Waals surface area contributed by atoms with Crippen molar-refractivity contribution < 1.29 is 14.6 Å². The number of rotatable bonds is 0. The van der Waals surface area contributed by atoms with Gasteiger partial charge in [-0.1, -0.05) is 11.6 Å². The fourth-order valence-electron chi connectivity index (χ4n) is 1.61. The van der Waals surface area contributed by atoms with Gasteiger partial charge in [0.25, 0.3) is 0 Å². The lowest BCUT2D eigenvalue weighted by Gasteiger charge is -2.22. The largest absolute Gasteiger partial charge is 0.507 e. The number of halogens is 1. The van der Waals surface area contributed by atoms with Crippen LogP contribution in [-0.4, -0.2) is 17.2 Å². The lowest BCUT2D eigenvalue weighted by Crippen LogP contribution is -2.25.